The van der Waals surface area contributed by atoms with Gasteiger partial charge in [0.2, 0.25) is 11.8 Å². The molecule has 2 amide bonds. The van der Waals surface area contributed by atoms with Crippen molar-refractivity contribution in [3.8, 4) is 0 Å². The topological polar surface area (TPSA) is 40.6 Å². The molecule has 4 nitrogen and oxygen atoms in total. The first-order valence-corrected chi connectivity index (χ1v) is 8.50. The molecule has 0 unspecified atom stereocenters. The number of amides is 2. The van der Waals surface area contributed by atoms with E-state index in [2.05, 4.69) is 0 Å². The van der Waals surface area contributed by atoms with Crippen LogP contribution in [-0.4, -0.2) is 36.3 Å². The Morgan fingerprint density at radius 1 is 1.16 bits per heavy atom. The number of carbonyl (C=O) groups excluding carboxylic acids is 2. The first kappa shape index (κ1) is 19.6. The van der Waals surface area contributed by atoms with Crippen molar-refractivity contribution in [2.24, 2.45) is 0 Å². The Morgan fingerprint density at radius 2 is 1.76 bits per heavy atom. The van der Waals surface area contributed by atoms with Crippen molar-refractivity contribution < 1.29 is 22.8 Å². The summed E-state index contributed by atoms with van der Waals surface area (Å²) < 4.78 is 39.9. The Morgan fingerprint density at radius 3 is 2.28 bits per heavy atom. The largest absolute Gasteiger partial charge is 0.418 e. The molecule has 2 rings (SSSR count). The van der Waals surface area contributed by atoms with E-state index in [9.17, 15) is 22.8 Å². The van der Waals surface area contributed by atoms with Crippen LogP contribution in [0.25, 0.3) is 0 Å². The molecular weight excluding hydrogens is 357 g/mol. The van der Waals surface area contributed by atoms with Crippen LogP contribution in [0.1, 0.15) is 38.2 Å². The van der Waals surface area contributed by atoms with Gasteiger partial charge >= 0.3 is 6.18 Å². The molecule has 1 heterocycles. The Balaban J connectivity index is 2.29. The van der Waals surface area contributed by atoms with E-state index in [0.29, 0.717) is 13.1 Å². The summed E-state index contributed by atoms with van der Waals surface area (Å²) in [6.45, 7) is 1.86. The summed E-state index contributed by atoms with van der Waals surface area (Å²) in [5.41, 5.74) is -1.38. The van der Waals surface area contributed by atoms with Crippen LogP contribution in [0.2, 0.25) is 5.02 Å². The number of benzene rings is 1. The predicted molar refractivity (Wildman–Crippen MR) is 89.5 cm³/mol. The molecule has 0 aliphatic carbocycles. The lowest BCUT2D eigenvalue weighted by molar-refractivity contribution is -0.137. The maximum atomic E-state index is 13.3. The molecule has 0 spiro atoms. The molecule has 25 heavy (non-hydrogen) atoms. The SMILES string of the molecule is CC(=O)N(CC(=O)N1CCCCCC1)c1ccc(Cl)cc1C(F)(F)F. The lowest BCUT2D eigenvalue weighted by atomic mass is 10.1. The number of halogens is 4. The number of hydrogen-bond donors (Lipinski definition) is 0. The van der Waals surface area contributed by atoms with Gasteiger partial charge in [0, 0.05) is 25.0 Å². The smallest absolute Gasteiger partial charge is 0.341 e. The van der Waals surface area contributed by atoms with E-state index < -0.39 is 24.2 Å². The molecule has 1 aromatic carbocycles. The Labute approximate surface area is 149 Å². The van der Waals surface area contributed by atoms with Gasteiger partial charge < -0.3 is 9.80 Å². The average Bonchev–Trinajstić information content (AvgIpc) is 2.81. The van der Waals surface area contributed by atoms with Crippen LogP contribution in [0.3, 0.4) is 0 Å². The fourth-order valence-electron chi connectivity index (χ4n) is 2.89. The second-order valence-electron chi connectivity index (χ2n) is 6.06. The summed E-state index contributed by atoms with van der Waals surface area (Å²) in [5.74, 6) is -0.976. The number of nitrogens with zero attached hydrogens (tertiary/aromatic N) is 2. The van der Waals surface area contributed by atoms with Gasteiger partial charge in [-0.15, -0.1) is 0 Å². The highest BCUT2D eigenvalue weighted by Gasteiger charge is 2.36. The number of rotatable bonds is 3. The zero-order chi connectivity index (χ0) is 18.6. The molecule has 0 aromatic heterocycles. The third kappa shape index (κ3) is 5.11. The summed E-state index contributed by atoms with van der Waals surface area (Å²) in [5, 5.41) is -0.0848. The molecule has 1 fully saturated rings. The second kappa shape index (κ2) is 8.08. The van der Waals surface area contributed by atoms with Crippen LogP contribution in [0.5, 0.6) is 0 Å². The van der Waals surface area contributed by atoms with Gasteiger partial charge in [0.1, 0.15) is 6.54 Å². The van der Waals surface area contributed by atoms with Crippen molar-refractivity contribution in [2.45, 2.75) is 38.8 Å². The Hall–Kier alpha value is -1.76. The summed E-state index contributed by atoms with van der Waals surface area (Å²) in [6, 6.07) is 3.17. The summed E-state index contributed by atoms with van der Waals surface area (Å²) in [7, 11) is 0. The minimum absolute atomic E-state index is 0.0848. The van der Waals surface area contributed by atoms with E-state index in [0.717, 1.165) is 49.6 Å². The fraction of sp³-hybridized carbons (Fsp3) is 0.529. The number of anilines is 1. The third-order valence-electron chi connectivity index (χ3n) is 4.19. The molecule has 1 saturated heterocycles. The monoisotopic (exact) mass is 376 g/mol. The van der Waals surface area contributed by atoms with Crippen molar-refractivity contribution in [1.29, 1.82) is 0 Å². The van der Waals surface area contributed by atoms with Gasteiger partial charge in [0.05, 0.1) is 11.3 Å². The molecule has 1 aromatic rings. The van der Waals surface area contributed by atoms with Gasteiger partial charge in [0.15, 0.2) is 0 Å². The van der Waals surface area contributed by atoms with Crippen molar-refractivity contribution in [2.75, 3.05) is 24.5 Å². The van der Waals surface area contributed by atoms with Gasteiger partial charge in [-0.3, -0.25) is 9.59 Å². The maximum absolute atomic E-state index is 13.3. The third-order valence-corrected chi connectivity index (χ3v) is 4.42. The zero-order valence-electron chi connectivity index (χ0n) is 13.9. The summed E-state index contributed by atoms with van der Waals surface area (Å²) in [4.78, 5) is 26.9. The highest BCUT2D eigenvalue weighted by molar-refractivity contribution is 6.30. The van der Waals surface area contributed by atoms with Crippen molar-refractivity contribution in [1.82, 2.24) is 4.90 Å². The van der Waals surface area contributed by atoms with E-state index >= 15 is 0 Å². The normalized spacial score (nSPS) is 15.6. The number of carbonyl (C=O) groups is 2. The molecule has 0 radical (unpaired) electrons. The van der Waals surface area contributed by atoms with Crippen molar-refractivity contribution >= 4 is 29.1 Å². The van der Waals surface area contributed by atoms with Gasteiger partial charge in [-0.2, -0.15) is 13.2 Å². The molecule has 1 aliphatic rings. The standard InChI is InChI=1S/C17H20ClF3N2O2/c1-12(24)23(11-16(25)22-8-4-2-3-5-9-22)15-7-6-13(18)10-14(15)17(19,20)21/h6-7,10H,2-5,8-9,11H2,1H3. The number of likely N-dealkylation sites (tertiary alicyclic amines) is 1. The van der Waals surface area contributed by atoms with E-state index in [-0.39, 0.29) is 16.6 Å². The maximum Gasteiger partial charge on any atom is 0.418 e. The lowest BCUT2D eigenvalue weighted by Gasteiger charge is -2.28. The molecule has 0 bridgehead atoms. The average molecular weight is 377 g/mol. The zero-order valence-corrected chi connectivity index (χ0v) is 14.7. The minimum Gasteiger partial charge on any atom is -0.341 e. The van der Waals surface area contributed by atoms with E-state index in [1.807, 2.05) is 0 Å². The van der Waals surface area contributed by atoms with Crippen LogP contribution in [0, 0.1) is 0 Å². The molecule has 0 N–H and O–H groups in total. The predicted octanol–water partition coefficient (Wildman–Crippen LogP) is 4.11. The Kier molecular flexibility index (Phi) is 6.32. The quantitative estimate of drug-likeness (QED) is 0.796. The number of alkyl halides is 3. The summed E-state index contributed by atoms with van der Waals surface area (Å²) in [6.07, 6.45) is -0.911. The van der Waals surface area contributed by atoms with Gasteiger partial charge in [0.25, 0.3) is 0 Å². The molecule has 138 valence electrons. The highest BCUT2D eigenvalue weighted by atomic mass is 35.5. The van der Waals surface area contributed by atoms with Crippen molar-refractivity contribution in [3.63, 3.8) is 0 Å². The van der Waals surface area contributed by atoms with Crippen LogP contribution in [-0.2, 0) is 15.8 Å². The molecule has 0 saturated carbocycles. The van der Waals surface area contributed by atoms with Crippen molar-refractivity contribution in [3.05, 3.63) is 28.8 Å². The van der Waals surface area contributed by atoms with Gasteiger partial charge in [-0.1, -0.05) is 24.4 Å². The number of hydrogen-bond acceptors (Lipinski definition) is 2. The first-order valence-electron chi connectivity index (χ1n) is 8.13. The van der Waals surface area contributed by atoms with E-state index in [1.165, 1.54) is 6.07 Å². The fourth-order valence-corrected chi connectivity index (χ4v) is 3.06. The van der Waals surface area contributed by atoms with Gasteiger partial charge in [-0.05, 0) is 31.0 Å². The minimum atomic E-state index is -4.68. The molecule has 0 atom stereocenters. The van der Waals surface area contributed by atoms with Gasteiger partial charge in [-0.25, -0.2) is 0 Å². The van der Waals surface area contributed by atoms with Crippen LogP contribution < -0.4 is 4.90 Å². The van der Waals surface area contributed by atoms with E-state index in [4.69, 9.17) is 11.6 Å². The first-order chi connectivity index (χ1) is 11.7. The van der Waals surface area contributed by atoms with Crippen LogP contribution in [0.4, 0.5) is 18.9 Å². The van der Waals surface area contributed by atoms with Crippen LogP contribution >= 0.6 is 11.6 Å². The molecular formula is C17H20ClF3N2O2. The lowest BCUT2D eigenvalue weighted by Crippen LogP contribution is -2.43. The highest BCUT2D eigenvalue weighted by Crippen LogP contribution is 2.38. The molecule has 8 heteroatoms. The summed E-state index contributed by atoms with van der Waals surface area (Å²) >= 11 is 5.67. The second-order valence-corrected chi connectivity index (χ2v) is 6.50. The van der Waals surface area contributed by atoms with E-state index in [1.54, 1.807) is 4.90 Å². The van der Waals surface area contributed by atoms with Crippen LogP contribution in [0.15, 0.2) is 18.2 Å². The Bertz CT molecular complexity index is 641. The molecule has 1 aliphatic heterocycles.